The van der Waals surface area contributed by atoms with Crippen LogP contribution >= 0.6 is 15.9 Å². The quantitative estimate of drug-likeness (QED) is 0.874. The SMILES string of the molecule is Cc1[nH]ncc1C(=O)Nc1ccc(OC(F)(F)F)c(Br)c1. The number of H-pyrrole nitrogens is 1. The molecule has 0 aliphatic heterocycles. The number of alkyl halides is 3. The molecule has 0 aliphatic rings. The number of nitrogens with zero attached hydrogens (tertiary/aromatic N) is 1. The number of rotatable bonds is 3. The highest BCUT2D eigenvalue weighted by Crippen LogP contribution is 2.32. The Morgan fingerprint density at radius 3 is 2.67 bits per heavy atom. The van der Waals surface area contributed by atoms with Crippen molar-refractivity contribution in [2.75, 3.05) is 5.32 Å². The first-order valence-electron chi connectivity index (χ1n) is 5.63. The molecule has 0 spiro atoms. The second kappa shape index (κ2) is 5.76. The lowest BCUT2D eigenvalue weighted by molar-refractivity contribution is -0.274. The molecule has 1 amide bonds. The smallest absolute Gasteiger partial charge is 0.405 e. The van der Waals surface area contributed by atoms with Gasteiger partial charge in [0, 0.05) is 11.4 Å². The Kier molecular flexibility index (Phi) is 4.21. The van der Waals surface area contributed by atoms with Crippen LogP contribution in [0.3, 0.4) is 0 Å². The lowest BCUT2D eigenvalue weighted by atomic mass is 10.2. The molecule has 9 heteroatoms. The van der Waals surface area contributed by atoms with Crippen LogP contribution in [-0.4, -0.2) is 22.5 Å². The summed E-state index contributed by atoms with van der Waals surface area (Å²) in [5.41, 5.74) is 1.26. The summed E-state index contributed by atoms with van der Waals surface area (Å²) in [7, 11) is 0. The van der Waals surface area contributed by atoms with Crippen molar-refractivity contribution in [3.05, 3.63) is 40.1 Å². The van der Waals surface area contributed by atoms with E-state index < -0.39 is 12.3 Å². The number of carbonyl (C=O) groups is 1. The molecule has 2 aromatic rings. The van der Waals surface area contributed by atoms with Crippen LogP contribution < -0.4 is 10.1 Å². The fourth-order valence-corrected chi connectivity index (χ4v) is 2.02. The molecule has 2 rings (SSSR count). The van der Waals surface area contributed by atoms with Crippen LogP contribution in [0, 0.1) is 6.92 Å². The predicted molar refractivity (Wildman–Crippen MR) is 72.1 cm³/mol. The van der Waals surface area contributed by atoms with Gasteiger partial charge in [0.25, 0.3) is 5.91 Å². The van der Waals surface area contributed by atoms with Crippen molar-refractivity contribution < 1.29 is 22.7 Å². The molecule has 21 heavy (non-hydrogen) atoms. The topological polar surface area (TPSA) is 67.0 Å². The monoisotopic (exact) mass is 363 g/mol. The van der Waals surface area contributed by atoms with Gasteiger partial charge >= 0.3 is 6.36 Å². The number of ether oxygens (including phenoxy) is 1. The Hall–Kier alpha value is -2.03. The van der Waals surface area contributed by atoms with E-state index in [-0.39, 0.29) is 10.2 Å². The molecule has 0 bridgehead atoms. The molecule has 5 nitrogen and oxygen atoms in total. The lowest BCUT2D eigenvalue weighted by Crippen LogP contribution is -2.17. The highest BCUT2D eigenvalue weighted by atomic mass is 79.9. The van der Waals surface area contributed by atoms with Gasteiger partial charge in [-0.05, 0) is 41.1 Å². The normalized spacial score (nSPS) is 11.3. The first-order valence-corrected chi connectivity index (χ1v) is 6.42. The van der Waals surface area contributed by atoms with E-state index in [1.807, 2.05) is 0 Å². The summed E-state index contributed by atoms with van der Waals surface area (Å²) in [6.07, 6.45) is -3.41. The second-order valence-corrected chi connectivity index (χ2v) is 4.91. The van der Waals surface area contributed by atoms with Crippen molar-refractivity contribution in [2.24, 2.45) is 0 Å². The minimum absolute atomic E-state index is 0.0709. The zero-order valence-corrected chi connectivity index (χ0v) is 12.2. The number of anilines is 1. The summed E-state index contributed by atoms with van der Waals surface area (Å²) in [4.78, 5) is 11.9. The Bertz CT molecular complexity index is 670. The number of amides is 1. The van der Waals surface area contributed by atoms with E-state index in [0.717, 1.165) is 6.07 Å². The molecular formula is C12H9BrF3N3O2. The number of nitrogens with one attached hydrogen (secondary N) is 2. The number of hydrogen-bond acceptors (Lipinski definition) is 3. The zero-order chi connectivity index (χ0) is 15.6. The van der Waals surface area contributed by atoms with Crippen LogP contribution in [0.2, 0.25) is 0 Å². The Morgan fingerprint density at radius 2 is 2.14 bits per heavy atom. The number of aromatic nitrogens is 2. The van der Waals surface area contributed by atoms with Crippen molar-refractivity contribution in [1.82, 2.24) is 10.2 Å². The average molecular weight is 364 g/mol. The van der Waals surface area contributed by atoms with Crippen LogP contribution in [0.5, 0.6) is 5.75 Å². The van der Waals surface area contributed by atoms with Crippen molar-refractivity contribution in [3.8, 4) is 5.75 Å². The summed E-state index contributed by atoms with van der Waals surface area (Å²) >= 11 is 2.96. The largest absolute Gasteiger partial charge is 0.573 e. The van der Waals surface area contributed by atoms with E-state index in [9.17, 15) is 18.0 Å². The van der Waals surface area contributed by atoms with Gasteiger partial charge in [0.15, 0.2) is 0 Å². The molecule has 0 saturated heterocycles. The van der Waals surface area contributed by atoms with Gasteiger partial charge in [0.05, 0.1) is 16.2 Å². The van der Waals surface area contributed by atoms with Crippen molar-refractivity contribution >= 4 is 27.5 Å². The van der Waals surface area contributed by atoms with Crippen molar-refractivity contribution in [1.29, 1.82) is 0 Å². The van der Waals surface area contributed by atoms with Gasteiger partial charge in [0.2, 0.25) is 0 Å². The summed E-state index contributed by atoms with van der Waals surface area (Å²) in [6, 6.07) is 3.73. The minimum atomic E-state index is -4.78. The van der Waals surface area contributed by atoms with Gasteiger partial charge < -0.3 is 10.1 Å². The highest BCUT2D eigenvalue weighted by molar-refractivity contribution is 9.10. The molecule has 1 heterocycles. The number of carbonyl (C=O) groups excluding carboxylic acids is 1. The molecule has 0 aliphatic carbocycles. The number of halogens is 4. The van der Waals surface area contributed by atoms with Crippen LogP contribution in [0.4, 0.5) is 18.9 Å². The van der Waals surface area contributed by atoms with Gasteiger partial charge in [-0.25, -0.2) is 0 Å². The van der Waals surface area contributed by atoms with Crippen LogP contribution in [-0.2, 0) is 0 Å². The van der Waals surface area contributed by atoms with E-state index in [0.29, 0.717) is 16.9 Å². The second-order valence-electron chi connectivity index (χ2n) is 4.06. The van der Waals surface area contributed by atoms with Gasteiger partial charge in [-0.1, -0.05) is 0 Å². The first-order chi connectivity index (χ1) is 9.76. The Balaban J connectivity index is 2.14. The number of benzene rings is 1. The summed E-state index contributed by atoms with van der Waals surface area (Å²) in [5, 5.41) is 8.88. The van der Waals surface area contributed by atoms with Gasteiger partial charge in [-0.3, -0.25) is 9.89 Å². The molecule has 0 atom stereocenters. The average Bonchev–Trinajstić information content (AvgIpc) is 2.77. The van der Waals surface area contributed by atoms with Crippen molar-refractivity contribution in [3.63, 3.8) is 0 Å². The third-order valence-corrected chi connectivity index (χ3v) is 3.11. The molecule has 2 N–H and O–H groups in total. The molecule has 0 unspecified atom stereocenters. The molecule has 1 aromatic heterocycles. The zero-order valence-electron chi connectivity index (χ0n) is 10.6. The van der Waals surface area contributed by atoms with Crippen molar-refractivity contribution in [2.45, 2.75) is 13.3 Å². The predicted octanol–water partition coefficient (Wildman–Crippen LogP) is 3.63. The van der Waals surface area contributed by atoms with Gasteiger partial charge in [-0.15, -0.1) is 13.2 Å². The van der Waals surface area contributed by atoms with E-state index in [4.69, 9.17) is 0 Å². The van der Waals surface area contributed by atoms with Crippen LogP contribution in [0.25, 0.3) is 0 Å². The standard InChI is InChI=1S/C12H9BrF3N3O2/c1-6-8(5-17-19-6)11(20)18-7-2-3-10(9(13)4-7)21-12(14,15)16/h2-5H,1H3,(H,17,19)(H,18,20). The maximum atomic E-state index is 12.1. The van der Waals surface area contributed by atoms with E-state index >= 15 is 0 Å². The van der Waals surface area contributed by atoms with Gasteiger partial charge in [0.1, 0.15) is 5.75 Å². The molecule has 0 saturated carbocycles. The van der Waals surface area contributed by atoms with E-state index in [2.05, 4.69) is 36.2 Å². The molecule has 0 fully saturated rings. The maximum absolute atomic E-state index is 12.1. The third-order valence-electron chi connectivity index (χ3n) is 2.49. The molecule has 112 valence electrons. The third kappa shape index (κ3) is 3.97. The molecule has 1 aromatic carbocycles. The Morgan fingerprint density at radius 1 is 1.43 bits per heavy atom. The van der Waals surface area contributed by atoms with Crippen LogP contribution in [0.1, 0.15) is 16.1 Å². The highest BCUT2D eigenvalue weighted by Gasteiger charge is 2.32. The van der Waals surface area contributed by atoms with Crippen LogP contribution in [0.15, 0.2) is 28.9 Å². The first kappa shape index (κ1) is 15.4. The van der Waals surface area contributed by atoms with E-state index in [1.165, 1.54) is 18.3 Å². The summed E-state index contributed by atoms with van der Waals surface area (Å²) in [6.45, 7) is 1.68. The minimum Gasteiger partial charge on any atom is -0.405 e. The lowest BCUT2D eigenvalue weighted by Gasteiger charge is -2.12. The maximum Gasteiger partial charge on any atom is 0.573 e. The number of aromatic amines is 1. The number of aryl methyl sites for hydroxylation is 1. The fourth-order valence-electron chi connectivity index (χ4n) is 1.56. The molecule has 0 radical (unpaired) electrons. The summed E-state index contributed by atoms with van der Waals surface area (Å²) in [5.74, 6) is -0.808. The summed E-state index contributed by atoms with van der Waals surface area (Å²) < 4.78 is 40.3. The molecular weight excluding hydrogens is 355 g/mol. The fraction of sp³-hybridized carbons (Fsp3) is 0.167. The Labute approximate surface area is 125 Å². The van der Waals surface area contributed by atoms with Gasteiger partial charge in [-0.2, -0.15) is 5.10 Å². The number of hydrogen-bond donors (Lipinski definition) is 2. The van der Waals surface area contributed by atoms with E-state index in [1.54, 1.807) is 6.92 Å².